The highest BCUT2D eigenvalue weighted by molar-refractivity contribution is 5.15. The second kappa shape index (κ2) is 4.45. The van der Waals surface area contributed by atoms with E-state index in [9.17, 15) is 0 Å². The molecule has 4 heteroatoms. The first-order valence-electron chi connectivity index (χ1n) is 6.34. The molecular formula is C12H18N4. The highest BCUT2D eigenvalue weighted by atomic mass is 15.2. The van der Waals surface area contributed by atoms with Crippen LogP contribution in [0.1, 0.15) is 36.5 Å². The number of fused-ring (bicyclic) bond motifs is 1. The van der Waals surface area contributed by atoms with E-state index in [0.29, 0.717) is 0 Å². The molecule has 1 aliphatic heterocycles. The van der Waals surface area contributed by atoms with Crippen LogP contribution in [0.2, 0.25) is 0 Å². The van der Waals surface area contributed by atoms with E-state index in [1.165, 1.54) is 25.0 Å². The van der Waals surface area contributed by atoms with Crippen LogP contribution in [-0.4, -0.2) is 28.3 Å². The number of aryl methyl sites for hydroxylation is 2. The molecule has 1 aromatic rings. The summed E-state index contributed by atoms with van der Waals surface area (Å²) >= 11 is 0. The number of aromatic nitrogens is 3. The third kappa shape index (κ3) is 2.07. The Balaban J connectivity index is 1.69. The van der Waals surface area contributed by atoms with Crippen molar-refractivity contribution in [3.05, 3.63) is 17.2 Å². The summed E-state index contributed by atoms with van der Waals surface area (Å²) in [5, 5.41) is 11.9. The van der Waals surface area contributed by atoms with Crippen molar-refractivity contribution in [3.63, 3.8) is 0 Å². The molecule has 0 radical (unpaired) electrons. The second-order valence-electron chi connectivity index (χ2n) is 4.87. The summed E-state index contributed by atoms with van der Waals surface area (Å²) in [5.74, 6) is 1.72. The molecule has 16 heavy (non-hydrogen) atoms. The van der Waals surface area contributed by atoms with E-state index in [1.54, 1.807) is 0 Å². The Morgan fingerprint density at radius 3 is 2.75 bits per heavy atom. The molecule has 2 aliphatic rings. The van der Waals surface area contributed by atoms with Gasteiger partial charge in [-0.1, -0.05) is 0 Å². The van der Waals surface area contributed by atoms with Crippen LogP contribution in [0.4, 0.5) is 0 Å². The molecule has 1 N–H and O–H groups in total. The molecule has 0 bridgehead atoms. The number of hydrogen-bond donors (Lipinski definition) is 1. The fourth-order valence-electron chi connectivity index (χ4n) is 2.67. The first-order chi connectivity index (χ1) is 7.92. The van der Waals surface area contributed by atoms with Gasteiger partial charge in [-0.25, -0.2) is 4.98 Å². The molecule has 1 aliphatic carbocycles. The van der Waals surface area contributed by atoms with E-state index in [2.05, 4.69) is 20.5 Å². The van der Waals surface area contributed by atoms with Gasteiger partial charge in [-0.2, -0.15) is 5.10 Å². The lowest BCUT2D eigenvalue weighted by Crippen LogP contribution is -2.29. The number of rotatable bonds is 2. The standard InChI is InChI=1S/C12H18N4/c1-2-10-11(3-1)15-16-12(14-10)8-9-4-6-13-7-5-9/h9,13H,1-8H2. The van der Waals surface area contributed by atoms with Crippen molar-refractivity contribution >= 4 is 0 Å². The van der Waals surface area contributed by atoms with Gasteiger partial charge in [0.05, 0.1) is 11.4 Å². The fraction of sp³-hybridized carbons (Fsp3) is 0.750. The third-order valence-corrected chi connectivity index (χ3v) is 3.64. The van der Waals surface area contributed by atoms with Gasteiger partial charge in [-0.3, -0.25) is 0 Å². The zero-order valence-electron chi connectivity index (χ0n) is 9.58. The average molecular weight is 218 g/mol. The maximum atomic E-state index is 4.65. The summed E-state index contributed by atoms with van der Waals surface area (Å²) in [5.41, 5.74) is 2.34. The Kier molecular flexibility index (Phi) is 2.82. The van der Waals surface area contributed by atoms with Gasteiger partial charge in [-0.15, -0.1) is 5.10 Å². The molecule has 0 spiro atoms. The molecule has 4 nitrogen and oxygen atoms in total. The molecule has 1 aromatic heterocycles. The van der Waals surface area contributed by atoms with Crippen LogP contribution < -0.4 is 5.32 Å². The van der Waals surface area contributed by atoms with Crippen molar-refractivity contribution in [1.29, 1.82) is 0 Å². The van der Waals surface area contributed by atoms with Crippen LogP contribution in [0.3, 0.4) is 0 Å². The van der Waals surface area contributed by atoms with E-state index in [4.69, 9.17) is 0 Å². The summed E-state index contributed by atoms with van der Waals surface area (Å²) < 4.78 is 0. The van der Waals surface area contributed by atoms with Crippen molar-refractivity contribution < 1.29 is 0 Å². The van der Waals surface area contributed by atoms with E-state index in [0.717, 1.165) is 49.8 Å². The smallest absolute Gasteiger partial charge is 0.151 e. The van der Waals surface area contributed by atoms with Crippen molar-refractivity contribution in [2.75, 3.05) is 13.1 Å². The van der Waals surface area contributed by atoms with Crippen LogP contribution in [0.5, 0.6) is 0 Å². The van der Waals surface area contributed by atoms with Crippen molar-refractivity contribution in [1.82, 2.24) is 20.5 Å². The Hall–Kier alpha value is -1.03. The van der Waals surface area contributed by atoms with Crippen molar-refractivity contribution in [2.24, 2.45) is 5.92 Å². The zero-order valence-corrected chi connectivity index (χ0v) is 9.58. The van der Waals surface area contributed by atoms with E-state index >= 15 is 0 Å². The Bertz CT molecular complexity index is 371. The second-order valence-corrected chi connectivity index (χ2v) is 4.87. The molecule has 3 rings (SSSR count). The molecule has 0 amide bonds. The summed E-state index contributed by atoms with van der Waals surface area (Å²) in [6, 6.07) is 0. The first kappa shape index (κ1) is 10.1. The minimum absolute atomic E-state index is 0.752. The molecule has 86 valence electrons. The number of piperidine rings is 1. The number of hydrogen-bond acceptors (Lipinski definition) is 4. The van der Waals surface area contributed by atoms with Crippen molar-refractivity contribution in [2.45, 2.75) is 38.5 Å². The summed E-state index contributed by atoms with van der Waals surface area (Å²) in [6.45, 7) is 2.28. The maximum absolute atomic E-state index is 4.65. The normalized spacial score (nSPS) is 21.0. The highest BCUT2D eigenvalue weighted by Crippen LogP contribution is 2.19. The largest absolute Gasteiger partial charge is 0.317 e. The van der Waals surface area contributed by atoms with Crippen molar-refractivity contribution in [3.8, 4) is 0 Å². The number of nitrogens with zero attached hydrogens (tertiary/aromatic N) is 3. The van der Waals surface area contributed by atoms with Gasteiger partial charge >= 0.3 is 0 Å². The van der Waals surface area contributed by atoms with Gasteiger partial charge in [0, 0.05) is 6.42 Å². The topological polar surface area (TPSA) is 50.7 Å². The molecule has 1 saturated heterocycles. The Morgan fingerprint density at radius 2 is 1.88 bits per heavy atom. The monoisotopic (exact) mass is 218 g/mol. The van der Waals surface area contributed by atoms with Gasteiger partial charge in [0.25, 0.3) is 0 Å². The molecule has 2 heterocycles. The van der Waals surface area contributed by atoms with Gasteiger partial charge < -0.3 is 5.32 Å². The van der Waals surface area contributed by atoms with E-state index < -0.39 is 0 Å². The van der Waals surface area contributed by atoms with Crippen LogP contribution in [0, 0.1) is 5.92 Å². The summed E-state index contributed by atoms with van der Waals surface area (Å²) in [4.78, 5) is 4.65. The van der Waals surface area contributed by atoms with Gasteiger partial charge in [0.2, 0.25) is 0 Å². The first-order valence-corrected chi connectivity index (χ1v) is 6.34. The minimum atomic E-state index is 0.752. The minimum Gasteiger partial charge on any atom is -0.317 e. The van der Waals surface area contributed by atoms with Gasteiger partial charge in [0.15, 0.2) is 5.82 Å². The van der Waals surface area contributed by atoms with Crippen LogP contribution in [0.15, 0.2) is 0 Å². The number of nitrogens with one attached hydrogen (secondary N) is 1. The molecule has 0 atom stereocenters. The van der Waals surface area contributed by atoms with Crippen LogP contribution >= 0.6 is 0 Å². The fourth-order valence-corrected chi connectivity index (χ4v) is 2.67. The molecule has 1 fully saturated rings. The molecule has 0 aromatic carbocycles. The SMILES string of the molecule is C1Cc2nnc(CC3CCNCC3)nc2C1. The third-order valence-electron chi connectivity index (χ3n) is 3.64. The van der Waals surface area contributed by atoms with Gasteiger partial charge in [0.1, 0.15) is 0 Å². The quantitative estimate of drug-likeness (QED) is 0.801. The summed E-state index contributed by atoms with van der Waals surface area (Å²) in [7, 11) is 0. The predicted molar refractivity (Wildman–Crippen MR) is 61.1 cm³/mol. The molecule has 0 unspecified atom stereocenters. The molecule has 0 saturated carbocycles. The Morgan fingerprint density at radius 1 is 1.06 bits per heavy atom. The Labute approximate surface area is 95.9 Å². The zero-order chi connectivity index (χ0) is 10.8. The summed E-state index contributed by atoms with van der Waals surface area (Å²) in [6.07, 6.45) is 6.89. The lowest BCUT2D eigenvalue weighted by molar-refractivity contribution is 0.365. The van der Waals surface area contributed by atoms with E-state index in [1.807, 2.05) is 0 Å². The van der Waals surface area contributed by atoms with Gasteiger partial charge in [-0.05, 0) is 51.1 Å². The average Bonchev–Trinajstić information content (AvgIpc) is 2.77. The van der Waals surface area contributed by atoms with Crippen LogP contribution in [-0.2, 0) is 19.3 Å². The lowest BCUT2D eigenvalue weighted by atomic mass is 9.94. The van der Waals surface area contributed by atoms with E-state index in [-0.39, 0.29) is 0 Å². The maximum Gasteiger partial charge on any atom is 0.151 e. The lowest BCUT2D eigenvalue weighted by Gasteiger charge is -2.21. The highest BCUT2D eigenvalue weighted by Gasteiger charge is 2.18. The molecular weight excluding hydrogens is 200 g/mol. The predicted octanol–water partition coefficient (Wildman–Crippen LogP) is 0.902. The van der Waals surface area contributed by atoms with Crippen LogP contribution in [0.25, 0.3) is 0 Å².